The van der Waals surface area contributed by atoms with Crippen molar-refractivity contribution in [1.82, 2.24) is 0 Å². The molecule has 0 spiro atoms. The molecule has 1 rings (SSSR count). The van der Waals surface area contributed by atoms with Gasteiger partial charge in [0, 0.05) is 5.75 Å². The standard InChI is InChI=1S/C7H14O4S2.Na/c1-6(2)3-7(8,5-12-4-6)13(9,10)11;/h8H,3-5H2,1-2H3,(H,9,10,11);/q;+1/p-1. The smallest absolute Gasteiger partial charge is 0.746 e. The van der Waals surface area contributed by atoms with Crippen LogP contribution in [0.3, 0.4) is 0 Å². The molecule has 0 saturated carbocycles. The zero-order chi connectivity index (χ0) is 10.3. The first-order chi connectivity index (χ1) is 5.66. The fourth-order valence-corrected chi connectivity index (χ4v) is 4.07. The monoisotopic (exact) mass is 248 g/mol. The first kappa shape index (κ1) is 15.2. The molecular formula is C7H13NaO4S2. The number of hydrogen-bond acceptors (Lipinski definition) is 5. The number of aliphatic hydroxyl groups is 1. The Morgan fingerprint density at radius 1 is 1.36 bits per heavy atom. The van der Waals surface area contributed by atoms with E-state index in [0.29, 0.717) is 0 Å². The quantitative estimate of drug-likeness (QED) is 0.406. The van der Waals surface area contributed by atoms with E-state index in [4.69, 9.17) is 0 Å². The molecule has 1 atom stereocenters. The second-order valence-electron chi connectivity index (χ2n) is 4.23. The van der Waals surface area contributed by atoms with Crippen molar-refractivity contribution in [2.75, 3.05) is 11.5 Å². The van der Waals surface area contributed by atoms with Crippen molar-refractivity contribution >= 4 is 21.9 Å². The van der Waals surface area contributed by atoms with Gasteiger partial charge in [-0.05, 0) is 17.6 Å². The molecule has 7 heteroatoms. The van der Waals surface area contributed by atoms with Crippen LogP contribution in [0.2, 0.25) is 0 Å². The molecule has 1 aliphatic heterocycles. The molecule has 0 bridgehead atoms. The average molecular weight is 248 g/mol. The van der Waals surface area contributed by atoms with E-state index in [0.717, 1.165) is 5.75 Å². The van der Waals surface area contributed by atoms with Gasteiger partial charge in [-0.2, -0.15) is 11.8 Å². The maximum Gasteiger partial charge on any atom is 1.00 e. The second kappa shape index (κ2) is 4.61. The third kappa shape index (κ3) is 3.37. The molecular weight excluding hydrogens is 235 g/mol. The third-order valence-corrected chi connectivity index (χ3v) is 5.11. The van der Waals surface area contributed by atoms with Crippen molar-refractivity contribution in [2.45, 2.75) is 25.2 Å². The van der Waals surface area contributed by atoms with Crippen LogP contribution in [-0.4, -0.2) is 34.5 Å². The van der Waals surface area contributed by atoms with Gasteiger partial charge in [-0.15, -0.1) is 0 Å². The minimum absolute atomic E-state index is 0. The van der Waals surface area contributed by atoms with Crippen LogP contribution in [0.15, 0.2) is 0 Å². The van der Waals surface area contributed by atoms with E-state index in [9.17, 15) is 18.1 Å². The molecule has 1 N–H and O–H groups in total. The molecule has 14 heavy (non-hydrogen) atoms. The van der Waals surface area contributed by atoms with Crippen molar-refractivity contribution in [3.63, 3.8) is 0 Å². The van der Waals surface area contributed by atoms with E-state index >= 15 is 0 Å². The Hall–Kier alpha value is 1.22. The van der Waals surface area contributed by atoms with Gasteiger partial charge in [-0.25, -0.2) is 8.42 Å². The van der Waals surface area contributed by atoms with Crippen LogP contribution >= 0.6 is 11.8 Å². The summed E-state index contributed by atoms with van der Waals surface area (Å²) in [7, 11) is -4.61. The minimum Gasteiger partial charge on any atom is -0.746 e. The Morgan fingerprint density at radius 2 is 1.86 bits per heavy atom. The molecule has 0 aromatic rings. The summed E-state index contributed by atoms with van der Waals surface area (Å²) < 4.78 is 32.3. The summed E-state index contributed by atoms with van der Waals surface area (Å²) in [5.74, 6) is 0.757. The zero-order valence-corrected chi connectivity index (χ0v) is 12.2. The third-order valence-electron chi connectivity index (χ3n) is 2.04. The maximum absolute atomic E-state index is 10.8. The van der Waals surface area contributed by atoms with Crippen LogP contribution in [0.5, 0.6) is 0 Å². The Bertz CT molecular complexity index is 301. The van der Waals surface area contributed by atoms with Gasteiger partial charge < -0.3 is 9.66 Å². The topological polar surface area (TPSA) is 77.4 Å². The van der Waals surface area contributed by atoms with Gasteiger partial charge in [0.15, 0.2) is 4.93 Å². The van der Waals surface area contributed by atoms with E-state index in [1.54, 1.807) is 0 Å². The summed E-state index contributed by atoms with van der Waals surface area (Å²) in [6.45, 7) is 3.69. The van der Waals surface area contributed by atoms with Crippen LogP contribution in [0.1, 0.15) is 20.3 Å². The number of rotatable bonds is 1. The summed E-state index contributed by atoms with van der Waals surface area (Å²) in [6.07, 6.45) is 0.0266. The first-order valence-electron chi connectivity index (χ1n) is 3.92. The molecule has 1 saturated heterocycles. The molecule has 1 heterocycles. The normalized spacial score (nSPS) is 32.0. The van der Waals surface area contributed by atoms with E-state index in [1.807, 2.05) is 13.8 Å². The van der Waals surface area contributed by atoms with Crippen LogP contribution < -0.4 is 29.6 Å². The van der Waals surface area contributed by atoms with Gasteiger partial charge in [0.2, 0.25) is 0 Å². The molecule has 0 radical (unpaired) electrons. The zero-order valence-electron chi connectivity index (χ0n) is 8.61. The fourth-order valence-electron chi connectivity index (χ4n) is 1.50. The molecule has 0 aromatic carbocycles. The van der Waals surface area contributed by atoms with Gasteiger partial charge in [0.25, 0.3) is 0 Å². The minimum atomic E-state index is -4.61. The van der Waals surface area contributed by atoms with Gasteiger partial charge in [0.1, 0.15) is 10.1 Å². The number of hydrogen-bond donors (Lipinski definition) is 1. The molecule has 0 amide bonds. The summed E-state index contributed by atoms with van der Waals surface area (Å²) in [6, 6.07) is 0. The van der Waals surface area contributed by atoms with Gasteiger partial charge in [-0.3, -0.25) is 0 Å². The van der Waals surface area contributed by atoms with Crippen LogP contribution in [0.4, 0.5) is 0 Å². The van der Waals surface area contributed by atoms with Crippen molar-refractivity contribution in [2.24, 2.45) is 5.41 Å². The Labute approximate surface area is 111 Å². The predicted molar refractivity (Wildman–Crippen MR) is 50.4 cm³/mol. The molecule has 1 fully saturated rings. The van der Waals surface area contributed by atoms with Gasteiger partial charge >= 0.3 is 29.6 Å². The van der Waals surface area contributed by atoms with Crippen LogP contribution in [-0.2, 0) is 10.1 Å². The summed E-state index contributed by atoms with van der Waals surface area (Å²) >= 11 is 1.31. The summed E-state index contributed by atoms with van der Waals surface area (Å²) in [5.41, 5.74) is -0.296. The largest absolute Gasteiger partial charge is 1.00 e. The van der Waals surface area contributed by atoms with Crippen molar-refractivity contribution in [3.05, 3.63) is 0 Å². The first-order valence-corrected chi connectivity index (χ1v) is 6.48. The van der Waals surface area contributed by atoms with Crippen LogP contribution in [0, 0.1) is 5.41 Å². The Kier molecular flexibility index (Phi) is 5.01. The summed E-state index contributed by atoms with van der Waals surface area (Å²) in [5, 5.41) is 9.62. The van der Waals surface area contributed by atoms with Crippen molar-refractivity contribution in [3.8, 4) is 0 Å². The molecule has 1 unspecified atom stereocenters. The van der Waals surface area contributed by atoms with E-state index in [-0.39, 0.29) is 47.1 Å². The second-order valence-corrected chi connectivity index (χ2v) is 6.89. The van der Waals surface area contributed by atoms with Crippen molar-refractivity contribution in [1.29, 1.82) is 0 Å². The predicted octanol–water partition coefficient (Wildman–Crippen LogP) is -2.61. The average Bonchev–Trinajstić information content (AvgIpc) is 1.80. The van der Waals surface area contributed by atoms with E-state index < -0.39 is 15.1 Å². The van der Waals surface area contributed by atoms with Gasteiger partial charge in [0.05, 0.1) is 0 Å². The molecule has 0 aromatic heterocycles. The number of thioether (sulfide) groups is 1. The molecule has 1 aliphatic rings. The van der Waals surface area contributed by atoms with E-state index in [1.165, 1.54) is 11.8 Å². The molecule has 0 aliphatic carbocycles. The maximum atomic E-state index is 10.8. The Balaban J connectivity index is 0.00000169. The molecule has 4 nitrogen and oxygen atoms in total. The summed E-state index contributed by atoms with van der Waals surface area (Å²) in [4.78, 5) is -2.07. The fraction of sp³-hybridized carbons (Fsp3) is 1.00. The van der Waals surface area contributed by atoms with Crippen LogP contribution in [0.25, 0.3) is 0 Å². The van der Waals surface area contributed by atoms with Crippen molar-refractivity contribution < 1.29 is 47.6 Å². The van der Waals surface area contributed by atoms with E-state index in [2.05, 4.69) is 0 Å². The molecule has 78 valence electrons. The Morgan fingerprint density at radius 3 is 2.14 bits per heavy atom. The SMILES string of the molecule is CC1(C)CSCC(O)(S(=O)(=O)[O-])C1.[Na+]. The van der Waals surface area contributed by atoms with Gasteiger partial charge in [-0.1, -0.05) is 13.8 Å².